The summed E-state index contributed by atoms with van der Waals surface area (Å²) < 4.78 is 5.63. The van der Waals surface area contributed by atoms with Crippen molar-refractivity contribution in [3.63, 3.8) is 0 Å². The van der Waals surface area contributed by atoms with Crippen LogP contribution in [0.4, 0.5) is 5.69 Å². The van der Waals surface area contributed by atoms with Crippen molar-refractivity contribution in [2.45, 2.75) is 0 Å². The second-order valence-corrected chi connectivity index (χ2v) is 4.50. The van der Waals surface area contributed by atoms with Crippen LogP contribution in [0, 0.1) is 10.1 Å². The average Bonchev–Trinajstić information content (AvgIpc) is 2.88. The minimum absolute atomic E-state index is 0.0763. The van der Waals surface area contributed by atoms with Crippen LogP contribution in [-0.2, 0) is 0 Å². The van der Waals surface area contributed by atoms with Gasteiger partial charge in [-0.05, 0) is 24.3 Å². The number of benzene rings is 2. The molecule has 1 aromatic heterocycles. The molecule has 0 fully saturated rings. The van der Waals surface area contributed by atoms with Gasteiger partial charge in [0.15, 0.2) is 0 Å². The molecular formula is C13H8ClN3O3. The van der Waals surface area contributed by atoms with Crippen LogP contribution >= 0.6 is 11.6 Å². The van der Waals surface area contributed by atoms with Crippen LogP contribution in [0.25, 0.3) is 10.9 Å². The number of fused-ring (bicyclic) bond motifs is 1. The predicted molar refractivity (Wildman–Crippen MR) is 74.3 cm³/mol. The predicted octanol–water partition coefficient (Wildman–Crippen LogP) is 3.92. The molecule has 7 heteroatoms. The number of nitro groups is 1. The minimum atomic E-state index is -0.507. The zero-order valence-corrected chi connectivity index (χ0v) is 10.8. The number of H-pyrrole nitrogens is 1. The van der Waals surface area contributed by atoms with Crippen LogP contribution in [0.5, 0.6) is 11.5 Å². The maximum absolute atomic E-state index is 10.6. The first-order valence-electron chi connectivity index (χ1n) is 5.68. The number of nitro benzene ring substituents is 1. The van der Waals surface area contributed by atoms with E-state index in [1.807, 2.05) is 6.07 Å². The summed E-state index contributed by atoms with van der Waals surface area (Å²) in [7, 11) is 0. The molecule has 20 heavy (non-hydrogen) atoms. The van der Waals surface area contributed by atoms with Gasteiger partial charge in [0.1, 0.15) is 11.5 Å². The summed E-state index contributed by atoms with van der Waals surface area (Å²) in [5.74, 6) is 0.940. The molecule has 0 atom stereocenters. The largest absolute Gasteiger partial charge is 0.456 e. The molecule has 1 heterocycles. The van der Waals surface area contributed by atoms with Gasteiger partial charge < -0.3 is 4.74 Å². The van der Waals surface area contributed by atoms with E-state index in [1.165, 1.54) is 18.2 Å². The van der Waals surface area contributed by atoms with Gasteiger partial charge in [-0.15, -0.1) is 0 Å². The highest BCUT2D eigenvalue weighted by atomic mass is 35.5. The third kappa shape index (κ3) is 2.28. The third-order valence-electron chi connectivity index (χ3n) is 2.77. The highest BCUT2D eigenvalue weighted by Crippen LogP contribution is 2.33. The second-order valence-electron chi connectivity index (χ2n) is 4.09. The molecule has 100 valence electrons. The topological polar surface area (TPSA) is 81.0 Å². The maximum Gasteiger partial charge on any atom is 0.271 e. The van der Waals surface area contributed by atoms with Gasteiger partial charge in [-0.25, -0.2) is 0 Å². The maximum atomic E-state index is 10.6. The van der Waals surface area contributed by atoms with E-state index in [-0.39, 0.29) is 10.7 Å². The lowest BCUT2D eigenvalue weighted by molar-refractivity contribution is -0.384. The van der Waals surface area contributed by atoms with E-state index < -0.39 is 4.92 Å². The molecule has 1 N–H and O–H groups in total. The van der Waals surface area contributed by atoms with Gasteiger partial charge in [0.2, 0.25) is 0 Å². The number of nitrogens with one attached hydrogen (secondary N) is 1. The van der Waals surface area contributed by atoms with Gasteiger partial charge >= 0.3 is 0 Å². The number of hydrogen-bond acceptors (Lipinski definition) is 4. The Morgan fingerprint density at radius 1 is 1.25 bits per heavy atom. The molecule has 0 radical (unpaired) electrons. The van der Waals surface area contributed by atoms with E-state index in [1.54, 1.807) is 18.3 Å². The van der Waals surface area contributed by atoms with Crippen LogP contribution in [0.2, 0.25) is 5.02 Å². The number of hydrogen-bond donors (Lipinski definition) is 1. The fourth-order valence-electron chi connectivity index (χ4n) is 1.80. The normalized spacial score (nSPS) is 10.7. The number of halogens is 1. The lowest BCUT2D eigenvalue weighted by Gasteiger charge is -2.07. The summed E-state index contributed by atoms with van der Waals surface area (Å²) in [6.07, 6.45) is 1.68. The molecular weight excluding hydrogens is 282 g/mol. The van der Waals surface area contributed by atoms with Gasteiger partial charge in [-0.2, -0.15) is 5.10 Å². The standard InChI is InChI=1S/C13H8ClN3O3/c14-11-6-9(17(18)19)1-4-13(11)20-10-2-3-12-8(5-10)7-15-16-12/h1-7H,(H,15,16). The molecule has 0 saturated heterocycles. The van der Waals surface area contributed by atoms with Crippen molar-refractivity contribution < 1.29 is 9.66 Å². The summed E-state index contributed by atoms with van der Waals surface area (Å²) >= 11 is 5.97. The van der Waals surface area contributed by atoms with Crippen LogP contribution in [0.1, 0.15) is 0 Å². The highest BCUT2D eigenvalue weighted by Gasteiger charge is 2.11. The monoisotopic (exact) mass is 289 g/mol. The summed E-state index contributed by atoms with van der Waals surface area (Å²) in [5.41, 5.74) is 0.819. The number of nitrogens with zero attached hydrogens (tertiary/aromatic N) is 2. The van der Waals surface area contributed by atoms with Crippen molar-refractivity contribution >= 4 is 28.2 Å². The molecule has 0 saturated carbocycles. The van der Waals surface area contributed by atoms with Crippen molar-refractivity contribution in [2.24, 2.45) is 0 Å². The Morgan fingerprint density at radius 3 is 2.85 bits per heavy atom. The van der Waals surface area contributed by atoms with Crippen LogP contribution in [-0.4, -0.2) is 15.1 Å². The fourth-order valence-corrected chi connectivity index (χ4v) is 2.01. The number of aromatic nitrogens is 2. The first-order valence-corrected chi connectivity index (χ1v) is 6.06. The van der Waals surface area contributed by atoms with Gasteiger partial charge in [0, 0.05) is 17.5 Å². The molecule has 6 nitrogen and oxygen atoms in total. The Kier molecular flexibility index (Phi) is 3.00. The SMILES string of the molecule is O=[N+]([O-])c1ccc(Oc2ccc3[nH]ncc3c2)c(Cl)c1. The number of non-ortho nitro benzene ring substituents is 1. The summed E-state index contributed by atoms with van der Waals surface area (Å²) in [6, 6.07) is 9.47. The van der Waals surface area contributed by atoms with Gasteiger partial charge in [-0.3, -0.25) is 15.2 Å². The van der Waals surface area contributed by atoms with Crippen molar-refractivity contribution in [2.75, 3.05) is 0 Å². The average molecular weight is 290 g/mol. The second kappa shape index (κ2) is 4.82. The molecule has 0 aliphatic heterocycles. The third-order valence-corrected chi connectivity index (χ3v) is 3.06. The smallest absolute Gasteiger partial charge is 0.271 e. The zero-order valence-electron chi connectivity index (χ0n) is 10.0. The lowest BCUT2D eigenvalue weighted by atomic mass is 10.2. The molecule has 0 bridgehead atoms. The van der Waals surface area contributed by atoms with Crippen LogP contribution in [0.3, 0.4) is 0 Å². The van der Waals surface area contributed by atoms with Gasteiger partial charge in [0.25, 0.3) is 5.69 Å². The van der Waals surface area contributed by atoms with E-state index in [9.17, 15) is 10.1 Å². The number of aromatic amines is 1. The number of ether oxygens (including phenoxy) is 1. The van der Waals surface area contributed by atoms with Crippen molar-refractivity contribution in [1.29, 1.82) is 0 Å². The van der Waals surface area contributed by atoms with E-state index in [4.69, 9.17) is 16.3 Å². The summed E-state index contributed by atoms with van der Waals surface area (Å²) in [4.78, 5) is 10.1. The van der Waals surface area contributed by atoms with Crippen molar-refractivity contribution in [3.05, 3.63) is 57.7 Å². The minimum Gasteiger partial charge on any atom is -0.456 e. The first-order chi connectivity index (χ1) is 9.63. The zero-order chi connectivity index (χ0) is 14.1. The highest BCUT2D eigenvalue weighted by molar-refractivity contribution is 6.32. The molecule has 0 unspecified atom stereocenters. The summed E-state index contributed by atoms with van der Waals surface area (Å²) in [5, 5.41) is 18.5. The Morgan fingerprint density at radius 2 is 2.10 bits per heavy atom. The molecule has 0 amide bonds. The van der Waals surface area contributed by atoms with Gasteiger partial charge in [-0.1, -0.05) is 11.6 Å². The lowest BCUT2D eigenvalue weighted by Crippen LogP contribution is -1.90. The van der Waals surface area contributed by atoms with Crippen molar-refractivity contribution in [3.8, 4) is 11.5 Å². The molecule has 3 rings (SSSR count). The fraction of sp³-hybridized carbons (Fsp3) is 0. The van der Waals surface area contributed by atoms with E-state index >= 15 is 0 Å². The molecule has 0 spiro atoms. The van der Waals surface area contributed by atoms with E-state index in [0.717, 1.165) is 10.9 Å². The molecule has 3 aromatic rings. The quantitative estimate of drug-likeness (QED) is 0.585. The van der Waals surface area contributed by atoms with Gasteiger partial charge in [0.05, 0.1) is 21.7 Å². The molecule has 0 aliphatic carbocycles. The molecule has 2 aromatic carbocycles. The van der Waals surface area contributed by atoms with Crippen LogP contribution in [0.15, 0.2) is 42.6 Å². The van der Waals surface area contributed by atoms with E-state index in [2.05, 4.69) is 10.2 Å². The van der Waals surface area contributed by atoms with Crippen LogP contribution < -0.4 is 4.74 Å². The molecule has 0 aliphatic rings. The Bertz CT molecular complexity index is 800. The Labute approximate surface area is 118 Å². The Balaban J connectivity index is 1.92. The van der Waals surface area contributed by atoms with E-state index in [0.29, 0.717) is 11.5 Å². The Hall–Kier alpha value is -2.60. The van der Waals surface area contributed by atoms with Crippen molar-refractivity contribution in [1.82, 2.24) is 10.2 Å². The first kappa shape index (κ1) is 12.4. The number of rotatable bonds is 3. The summed E-state index contributed by atoms with van der Waals surface area (Å²) in [6.45, 7) is 0.